The van der Waals surface area contributed by atoms with E-state index in [1.807, 2.05) is 43.3 Å². The standard InChI is InChI=1S/C28H37ClN2O4S/c1-6-22(7-2)31-24(19-8-11-21(29)12-9-19)14-15-28(3,26(31)32)18-36-27(33)30-17-20-10-13-23(34-4)16-25(20)35-5/h8-13,16,22,24H,6-7,14-15,17-18H2,1-5H3,(H,30,33)/t24?,28-/m1/s1. The molecule has 0 radical (unpaired) electrons. The van der Waals surface area contributed by atoms with Gasteiger partial charge in [0.15, 0.2) is 0 Å². The van der Waals surface area contributed by atoms with E-state index in [4.69, 9.17) is 21.1 Å². The summed E-state index contributed by atoms with van der Waals surface area (Å²) >= 11 is 7.28. The van der Waals surface area contributed by atoms with Crippen molar-refractivity contribution in [3.63, 3.8) is 0 Å². The number of nitrogens with one attached hydrogen (secondary N) is 1. The van der Waals surface area contributed by atoms with Crippen LogP contribution < -0.4 is 14.8 Å². The normalized spacial score (nSPS) is 19.9. The Bertz CT molecular complexity index is 1040. The fraction of sp³-hybridized carbons (Fsp3) is 0.500. The summed E-state index contributed by atoms with van der Waals surface area (Å²) in [5.74, 6) is 1.91. The molecule has 36 heavy (non-hydrogen) atoms. The molecule has 6 nitrogen and oxygen atoms in total. The van der Waals surface area contributed by atoms with Crippen LogP contribution >= 0.6 is 23.4 Å². The van der Waals surface area contributed by atoms with Gasteiger partial charge in [-0.25, -0.2) is 0 Å². The topological polar surface area (TPSA) is 67.9 Å². The lowest BCUT2D eigenvalue weighted by atomic mass is 9.77. The highest BCUT2D eigenvalue weighted by molar-refractivity contribution is 8.13. The number of hydrogen-bond donors (Lipinski definition) is 1. The highest BCUT2D eigenvalue weighted by Gasteiger charge is 2.46. The molecule has 1 saturated heterocycles. The lowest BCUT2D eigenvalue weighted by Gasteiger charge is -2.48. The number of carbonyl (C=O) groups excluding carboxylic acids is 2. The first-order valence-corrected chi connectivity index (χ1v) is 13.8. The molecular weight excluding hydrogens is 496 g/mol. The quantitative estimate of drug-likeness (QED) is 0.362. The van der Waals surface area contributed by atoms with Crippen LogP contribution in [0.4, 0.5) is 4.79 Å². The summed E-state index contributed by atoms with van der Waals surface area (Å²) in [6.07, 6.45) is 3.35. The predicted octanol–water partition coefficient (Wildman–Crippen LogP) is 6.86. The Kier molecular flexibility index (Phi) is 9.97. The van der Waals surface area contributed by atoms with Gasteiger partial charge in [-0.2, -0.15) is 0 Å². The molecule has 3 rings (SSSR count). The number of halogens is 1. The first kappa shape index (κ1) is 28.2. The van der Waals surface area contributed by atoms with Gasteiger partial charge in [0.25, 0.3) is 5.24 Å². The first-order chi connectivity index (χ1) is 17.3. The average Bonchev–Trinajstić information content (AvgIpc) is 2.90. The molecule has 0 aliphatic carbocycles. The van der Waals surface area contributed by atoms with E-state index in [1.54, 1.807) is 20.3 Å². The van der Waals surface area contributed by atoms with Gasteiger partial charge in [-0.05, 0) is 62.4 Å². The summed E-state index contributed by atoms with van der Waals surface area (Å²) in [5, 5.41) is 3.48. The number of methoxy groups -OCH3 is 2. The Balaban J connectivity index is 1.67. The van der Waals surface area contributed by atoms with E-state index in [2.05, 4.69) is 24.1 Å². The van der Waals surface area contributed by atoms with Crippen LogP contribution in [0.1, 0.15) is 63.6 Å². The molecule has 0 spiro atoms. The molecule has 0 bridgehead atoms. The lowest BCUT2D eigenvalue weighted by Crippen LogP contribution is -2.54. The molecule has 2 aromatic rings. The molecule has 1 fully saturated rings. The number of piperidine rings is 1. The Labute approximate surface area is 224 Å². The fourth-order valence-corrected chi connectivity index (χ4v) is 5.86. The smallest absolute Gasteiger partial charge is 0.279 e. The van der Waals surface area contributed by atoms with Crippen molar-refractivity contribution >= 4 is 34.5 Å². The first-order valence-electron chi connectivity index (χ1n) is 12.5. The number of thioether (sulfide) groups is 1. The largest absolute Gasteiger partial charge is 0.497 e. The molecule has 1 unspecified atom stereocenters. The monoisotopic (exact) mass is 532 g/mol. The Morgan fingerprint density at radius 1 is 1.17 bits per heavy atom. The third-order valence-electron chi connectivity index (χ3n) is 7.09. The Morgan fingerprint density at radius 2 is 1.86 bits per heavy atom. The Hall–Kier alpha value is -2.38. The van der Waals surface area contributed by atoms with Crippen molar-refractivity contribution in [3.05, 3.63) is 58.6 Å². The van der Waals surface area contributed by atoms with Gasteiger partial charge in [-0.1, -0.05) is 49.3 Å². The molecule has 0 saturated carbocycles. The third-order valence-corrected chi connectivity index (χ3v) is 8.53. The second kappa shape index (κ2) is 12.7. The van der Waals surface area contributed by atoms with Crippen LogP contribution in [0.2, 0.25) is 5.02 Å². The number of rotatable bonds is 10. The maximum Gasteiger partial charge on any atom is 0.279 e. The molecule has 8 heteroatoms. The van der Waals surface area contributed by atoms with Crippen molar-refractivity contribution < 1.29 is 19.1 Å². The molecule has 2 amide bonds. The fourth-order valence-electron chi connectivity index (χ4n) is 4.84. The highest BCUT2D eigenvalue weighted by atomic mass is 35.5. The van der Waals surface area contributed by atoms with Crippen LogP contribution in [0.3, 0.4) is 0 Å². The van der Waals surface area contributed by atoms with Gasteiger partial charge in [0.2, 0.25) is 5.91 Å². The zero-order valence-corrected chi connectivity index (χ0v) is 23.4. The van der Waals surface area contributed by atoms with E-state index in [1.165, 1.54) is 11.8 Å². The lowest BCUT2D eigenvalue weighted by molar-refractivity contribution is -0.151. The second-order valence-corrected chi connectivity index (χ2v) is 10.8. The number of hydrogen-bond acceptors (Lipinski definition) is 5. The molecule has 2 atom stereocenters. The highest BCUT2D eigenvalue weighted by Crippen LogP contribution is 2.44. The van der Waals surface area contributed by atoms with Crippen molar-refractivity contribution in [2.45, 2.75) is 65.1 Å². The predicted molar refractivity (Wildman–Crippen MR) is 147 cm³/mol. The van der Waals surface area contributed by atoms with E-state index < -0.39 is 5.41 Å². The summed E-state index contributed by atoms with van der Waals surface area (Å²) in [7, 11) is 3.19. The van der Waals surface area contributed by atoms with Crippen molar-refractivity contribution in [2.75, 3.05) is 20.0 Å². The number of nitrogens with zero attached hydrogens (tertiary/aromatic N) is 1. The van der Waals surface area contributed by atoms with E-state index in [9.17, 15) is 9.59 Å². The second-order valence-electron chi connectivity index (χ2n) is 9.46. The minimum Gasteiger partial charge on any atom is -0.497 e. The number of likely N-dealkylation sites (tertiary alicyclic amines) is 1. The maximum absolute atomic E-state index is 13.9. The minimum absolute atomic E-state index is 0.0223. The molecule has 196 valence electrons. The number of benzene rings is 2. The van der Waals surface area contributed by atoms with Crippen molar-refractivity contribution in [3.8, 4) is 11.5 Å². The van der Waals surface area contributed by atoms with Crippen LogP contribution in [0.25, 0.3) is 0 Å². The zero-order chi connectivity index (χ0) is 26.3. The molecule has 1 heterocycles. The molecular formula is C28H37ClN2O4S. The molecule has 0 aromatic heterocycles. The van der Waals surface area contributed by atoms with Crippen LogP contribution in [-0.4, -0.2) is 42.1 Å². The van der Waals surface area contributed by atoms with Crippen LogP contribution in [0.5, 0.6) is 11.5 Å². The van der Waals surface area contributed by atoms with Gasteiger partial charge in [-0.3, -0.25) is 9.59 Å². The third kappa shape index (κ3) is 6.48. The van der Waals surface area contributed by atoms with Gasteiger partial charge in [0.05, 0.1) is 25.7 Å². The van der Waals surface area contributed by atoms with Crippen molar-refractivity contribution in [1.82, 2.24) is 10.2 Å². The van der Waals surface area contributed by atoms with E-state index in [0.717, 1.165) is 36.8 Å². The van der Waals surface area contributed by atoms with E-state index in [0.29, 0.717) is 28.8 Å². The number of carbonyl (C=O) groups is 2. The maximum atomic E-state index is 13.9. The van der Waals surface area contributed by atoms with Gasteiger partial charge < -0.3 is 19.7 Å². The van der Waals surface area contributed by atoms with E-state index in [-0.39, 0.29) is 23.2 Å². The summed E-state index contributed by atoms with van der Waals surface area (Å²) < 4.78 is 10.7. The van der Waals surface area contributed by atoms with Crippen molar-refractivity contribution in [1.29, 1.82) is 0 Å². The van der Waals surface area contributed by atoms with Gasteiger partial charge in [0, 0.05) is 35.0 Å². The molecule has 1 aliphatic heterocycles. The van der Waals surface area contributed by atoms with Crippen LogP contribution in [-0.2, 0) is 11.3 Å². The van der Waals surface area contributed by atoms with Gasteiger partial charge in [0.1, 0.15) is 11.5 Å². The van der Waals surface area contributed by atoms with E-state index >= 15 is 0 Å². The summed E-state index contributed by atoms with van der Waals surface area (Å²) in [6, 6.07) is 13.5. The van der Waals surface area contributed by atoms with Gasteiger partial charge >= 0.3 is 0 Å². The van der Waals surface area contributed by atoms with Gasteiger partial charge in [-0.15, -0.1) is 0 Å². The molecule has 1 aliphatic rings. The number of amides is 2. The number of ether oxygens (including phenoxy) is 2. The minimum atomic E-state index is -0.606. The van der Waals surface area contributed by atoms with Crippen LogP contribution in [0, 0.1) is 5.41 Å². The van der Waals surface area contributed by atoms with Crippen molar-refractivity contribution in [2.24, 2.45) is 5.41 Å². The molecule has 1 N–H and O–H groups in total. The average molecular weight is 533 g/mol. The zero-order valence-electron chi connectivity index (χ0n) is 21.8. The summed E-state index contributed by atoms with van der Waals surface area (Å²) in [4.78, 5) is 28.7. The summed E-state index contributed by atoms with van der Waals surface area (Å²) in [6.45, 7) is 6.58. The van der Waals surface area contributed by atoms with Crippen LogP contribution in [0.15, 0.2) is 42.5 Å². The molecule has 2 aromatic carbocycles. The Morgan fingerprint density at radius 3 is 2.47 bits per heavy atom. The SMILES string of the molecule is CCC(CC)N1C(=O)[C@@](C)(CSC(=O)NCc2ccc(OC)cc2OC)CCC1c1ccc(Cl)cc1. The summed E-state index contributed by atoms with van der Waals surface area (Å²) in [5.41, 5.74) is 1.36.